The third-order valence-corrected chi connectivity index (χ3v) is 4.19. The van der Waals surface area contributed by atoms with Crippen LogP contribution in [-0.2, 0) is 26.4 Å². The van der Waals surface area contributed by atoms with Crippen molar-refractivity contribution >= 4 is 22.3 Å². The summed E-state index contributed by atoms with van der Waals surface area (Å²) < 4.78 is 40.8. The summed E-state index contributed by atoms with van der Waals surface area (Å²) in [5, 5.41) is 2.33. The summed E-state index contributed by atoms with van der Waals surface area (Å²) in [5.41, 5.74) is -0.773. The first-order valence-corrected chi connectivity index (χ1v) is 8.58. The highest BCUT2D eigenvalue weighted by molar-refractivity contribution is 7.84. The first-order valence-electron chi connectivity index (χ1n) is 7.22. The molecule has 0 unspecified atom stereocenters. The van der Waals surface area contributed by atoms with E-state index in [4.69, 9.17) is 4.74 Å². The number of pyridine rings is 1. The van der Waals surface area contributed by atoms with Crippen LogP contribution in [0, 0.1) is 0 Å². The largest absolute Gasteiger partial charge is 0.731 e. The van der Waals surface area contributed by atoms with Crippen molar-refractivity contribution in [1.29, 1.82) is 0 Å². The Morgan fingerprint density at radius 2 is 1.92 bits per heavy atom. The molecule has 2 rings (SSSR count). The van der Waals surface area contributed by atoms with Gasteiger partial charge in [-0.05, 0) is 20.8 Å². The summed E-state index contributed by atoms with van der Waals surface area (Å²) in [6, 6.07) is 3.04. The first-order chi connectivity index (χ1) is 11.0. The second-order valence-corrected chi connectivity index (χ2v) is 7.60. The molecule has 1 N–H and O–H groups in total. The standard InChI is InChI=1S/C14H19N3O6S/c1-14(2,3)23-13(19)15-11-10(9-16-7-5-4-6-8-16)17(12(11)18)24(20,21)22/h4-8,10-11H,9H2,1-3H3,(H-,15,19,20,21,22)/t10-,11+/m0/s1. The molecule has 24 heavy (non-hydrogen) atoms. The molecule has 9 nitrogen and oxygen atoms in total. The van der Waals surface area contributed by atoms with E-state index in [1.54, 1.807) is 55.9 Å². The van der Waals surface area contributed by atoms with E-state index in [2.05, 4.69) is 5.32 Å². The summed E-state index contributed by atoms with van der Waals surface area (Å²) in [5.74, 6) is -0.975. The second-order valence-electron chi connectivity index (χ2n) is 6.36. The van der Waals surface area contributed by atoms with Crippen LogP contribution in [0.2, 0.25) is 0 Å². The van der Waals surface area contributed by atoms with Crippen LogP contribution in [0.5, 0.6) is 0 Å². The number of β-lactam (4-membered cyclic amide) rings is 1. The molecule has 1 fully saturated rings. The summed E-state index contributed by atoms with van der Waals surface area (Å²) in [7, 11) is -4.96. The molecule has 0 aliphatic carbocycles. The lowest BCUT2D eigenvalue weighted by molar-refractivity contribution is -0.701. The third-order valence-electron chi connectivity index (χ3n) is 3.26. The van der Waals surface area contributed by atoms with Crippen LogP contribution >= 0.6 is 0 Å². The van der Waals surface area contributed by atoms with Crippen molar-refractivity contribution in [3.05, 3.63) is 30.6 Å². The second kappa shape index (κ2) is 6.36. The van der Waals surface area contributed by atoms with Gasteiger partial charge in [0, 0.05) is 12.1 Å². The van der Waals surface area contributed by atoms with Gasteiger partial charge in [0.15, 0.2) is 29.2 Å². The van der Waals surface area contributed by atoms with E-state index >= 15 is 0 Å². The number of hydrogen-bond acceptors (Lipinski definition) is 6. The lowest BCUT2D eigenvalue weighted by Gasteiger charge is -2.45. The number of ether oxygens (including phenoxy) is 1. The van der Waals surface area contributed by atoms with Crippen LogP contribution in [0.1, 0.15) is 20.8 Å². The Hall–Kier alpha value is -2.20. The molecule has 1 aromatic rings. The van der Waals surface area contributed by atoms with Gasteiger partial charge in [-0.25, -0.2) is 22.1 Å². The molecular formula is C14H19N3O6S. The topological polar surface area (TPSA) is 120 Å². The molecule has 0 radical (unpaired) electrons. The Morgan fingerprint density at radius 3 is 2.42 bits per heavy atom. The molecule has 0 aromatic carbocycles. The average Bonchev–Trinajstić information content (AvgIpc) is 2.42. The van der Waals surface area contributed by atoms with E-state index in [0.29, 0.717) is 0 Å². The molecule has 1 saturated heterocycles. The van der Waals surface area contributed by atoms with Gasteiger partial charge in [0.05, 0.1) is 0 Å². The molecule has 1 aliphatic rings. The third kappa shape index (κ3) is 4.20. The summed E-state index contributed by atoms with van der Waals surface area (Å²) in [6.45, 7) is 5.00. The monoisotopic (exact) mass is 357 g/mol. The van der Waals surface area contributed by atoms with E-state index in [1.165, 1.54) is 0 Å². The number of rotatable bonds is 4. The zero-order valence-electron chi connectivity index (χ0n) is 13.5. The van der Waals surface area contributed by atoms with Crippen LogP contribution in [0.3, 0.4) is 0 Å². The van der Waals surface area contributed by atoms with Crippen molar-refractivity contribution in [2.24, 2.45) is 0 Å². The van der Waals surface area contributed by atoms with Crippen LogP contribution in [0.15, 0.2) is 30.6 Å². The summed E-state index contributed by atoms with van der Waals surface area (Å²) >= 11 is 0. The van der Waals surface area contributed by atoms with Crippen molar-refractivity contribution in [2.75, 3.05) is 0 Å². The van der Waals surface area contributed by atoms with Crippen LogP contribution in [0.4, 0.5) is 4.79 Å². The minimum absolute atomic E-state index is 0.0362. The molecule has 132 valence electrons. The highest BCUT2D eigenvalue weighted by Gasteiger charge is 2.53. The van der Waals surface area contributed by atoms with Crippen molar-refractivity contribution in [2.45, 2.75) is 45.0 Å². The van der Waals surface area contributed by atoms with Gasteiger partial charge < -0.3 is 14.6 Å². The SMILES string of the molecule is CC(C)(C)OC(=O)N[C@H]1C(=O)N(S(=O)(=O)[O-])[C@H]1C[n+]1ccccc1. The number of carbonyl (C=O) groups is 2. The smallest absolute Gasteiger partial charge is 0.408 e. The number of carbonyl (C=O) groups excluding carboxylic acids is 2. The van der Waals surface area contributed by atoms with Gasteiger partial charge >= 0.3 is 6.09 Å². The van der Waals surface area contributed by atoms with Crippen molar-refractivity contribution in [3.63, 3.8) is 0 Å². The van der Waals surface area contributed by atoms with Crippen molar-refractivity contribution < 1.29 is 31.9 Å². The molecule has 0 saturated carbocycles. The maximum Gasteiger partial charge on any atom is 0.408 e. The van der Waals surface area contributed by atoms with Gasteiger partial charge in [0.25, 0.3) is 5.91 Å². The lowest BCUT2D eigenvalue weighted by Crippen LogP contribution is -2.74. The normalized spacial score (nSPS) is 21.2. The number of nitrogens with one attached hydrogen (secondary N) is 1. The fraction of sp³-hybridized carbons (Fsp3) is 0.500. The number of amides is 2. The maximum atomic E-state index is 12.0. The number of hydrogen-bond donors (Lipinski definition) is 1. The molecule has 10 heteroatoms. The highest BCUT2D eigenvalue weighted by atomic mass is 32.2. The molecule has 2 heterocycles. The molecule has 0 bridgehead atoms. The molecule has 2 amide bonds. The first kappa shape index (κ1) is 18.1. The molecule has 0 spiro atoms. The Balaban J connectivity index is 2.16. The maximum absolute atomic E-state index is 12.0. The van der Waals surface area contributed by atoms with E-state index in [0.717, 1.165) is 0 Å². The van der Waals surface area contributed by atoms with E-state index in [9.17, 15) is 22.6 Å². The lowest BCUT2D eigenvalue weighted by atomic mass is 9.99. The Bertz CT molecular complexity index is 729. The van der Waals surface area contributed by atoms with Gasteiger partial charge in [0.1, 0.15) is 17.7 Å². The average molecular weight is 357 g/mol. The summed E-state index contributed by atoms with van der Waals surface area (Å²) in [6.07, 6.45) is 2.46. The molecular weight excluding hydrogens is 338 g/mol. The van der Waals surface area contributed by atoms with Crippen molar-refractivity contribution in [3.8, 4) is 0 Å². The van der Waals surface area contributed by atoms with Gasteiger partial charge in [-0.3, -0.25) is 4.79 Å². The fourth-order valence-corrected chi connectivity index (χ4v) is 3.19. The predicted octanol–water partition coefficient (Wildman–Crippen LogP) is -0.462. The van der Waals surface area contributed by atoms with E-state index < -0.39 is 40.0 Å². The zero-order valence-corrected chi connectivity index (χ0v) is 14.3. The van der Waals surface area contributed by atoms with Gasteiger partial charge in [-0.1, -0.05) is 6.07 Å². The Morgan fingerprint density at radius 1 is 1.33 bits per heavy atom. The fourth-order valence-electron chi connectivity index (χ4n) is 2.34. The van der Waals surface area contributed by atoms with E-state index in [1.807, 2.05) is 0 Å². The van der Waals surface area contributed by atoms with Gasteiger partial charge in [-0.2, -0.15) is 0 Å². The minimum Gasteiger partial charge on any atom is -0.731 e. The predicted molar refractivity (Wildman–Crippen MR) is 80.1 cm³/mol. The van der Waals surface area contributed by atoms with E-state index in [-0.39, 0.29) is 10.8 Å². The Kier molecular flexibility index (Phi) is 4.81. The zero-order chi connectivity index (χ0) is 18.1. The van der Waals surface area contributed by atoms with Gasteiger partial charge in [-0.15, -0.1) is 0 Å². The number of nitrogens with zero attached hydrogens (tertiary/aromatic N) is 2. The Labute approximate surface area is 140 Å². The van der Waals surface area contributed by atoms with Gasteiger partial charge in [0.2, 0.25) is 0 Å². The highest BCUT2D eigenvalue weighted by Crippen LogP contribution is 2.24. The summed E-state index contributed by atoms with van der Waals surface area (Å²) in [4.78, 5) is 23.8. The number of alkyl carbamates (subject to hydrolysis) is 1. The molecule has 1 aliphatic heterocycles. The minimum atomic E-state index is -4.96. The van der Waals surface area contributed by atoms with Crippen LogP contribution in [0.25, 0.3) is 0 Å². The quantitative estimate of drug-likeness (QED) is 0.442. The molecule has 1 aromatic heterocycles. The number of aromatic nitrogens is 1. The molecule has 2 atom stereocenters. The van der Waals surface area contributed by atoms with Crippen molar-refractivity contribution in [1.82, 2.24) is 9.62 Å². The van der Waals surface area contributed by atoms with Crippen LogP contribution < -0.4 is 9.88 Å². The van der Waals surface area contributed by atoms with Crippen LogP contribution in [-0.4, -0.2) is 47.0 Å².